The second-order valence-corrected chi connectivity index (χ2v) is 5.71. The molecule has 20 heavy (non-hydrogen) atoms. The predicted molar refractivity (Wildman–Crippen MR) is 80.7 cm³/mol. The molecule has 1 saturated heterocycles. The van der Waals surface area contributed by atoms with Crippen molar-refractivity contribution in [1.29, 1.82) is 0 Å². The molecule has 6 heteroatoms. The summed E-state index contributed by atoms with van der Waals surface area (Å²) in [6.07, 6.45) is 2.26. The fourth-order valence-corrected chi connectivity index (χ4v) is 2.79. The molecule has 1 aromatic carbocycles. The fourth-order valence-electron chi connectivity index (χ4n) is 2.79. The van der Waals surface area contributed by atoms with Gasteiger partial charge in [-0.25, -0.2) is 0 Å². The zero-order valence-corrected chi connectivity index (χ0v) is 12.0. The van der Waals surface area contributed by atoms with E-state index in [1.165, 1.54) is 6.07 Å². The Labute approximate surface area is 119 Å². The normalized spacial score (nSPS) is 16.5. The van der Waals surface area contributed by atoms with Gasteiger partial charge < -0.3 is 10.3 Å². The molecule has 0 aliphatic carbocycles. The Morgan fingerprint density at radius 2 is 2.00 bits per heavy atom. The zero-order valence-electron chi connectivity index (χ0n) is 12.0. The number of nitro benzene ring substituents is 1. The van der Waals surface area contributed by atoms with Crippen LogP contribution < -0.4 is 16.2 Å². The zero-order chi connectivity index (χ0) is 14.7. The van der Waals surface area contributed by atoms with E-state index in [4.69, 9.17) is 5.84 Å². The maximum Gasteiger partial charge on any atom is 0.273 e. The molecule has 3 N–H and O–H groups in total. The first-order valence-corrected chi connectivity index (χ1v) is 7.02. The smallest absolute Gasteiger partial charge is 0.273 e. The van der Waals surface area contributed by atoms with Gasteiger partial charge in [-0.3, -0.25) is 16.0 Å². The summed E-state index contributed by atoms with van der Waals surface area (Å²) < 4.78 is 0. The van der Waals surface area contributed by atoms with Crippen LogP contribution in [0.4, 0.5) is 17.1 Å². The molecule has 110 valence electrons. The van der Waals surface area contributed by atoms with Gasteiger partial charge in [0.2, 0.25) is 0 Å². The topological polar surface area (TPSA) is 84.4 Å². The average Bonchev–Trinajstić information content (AvgIpc) is 2.46. The van der Waals surface area contributed by atoms with E-state index >= 15 is 0 Å². The van der Waals surface area contributed by atoms with Gasteiger partial charge in [0.15, 0.2) is 0 Å². The van der Waals surface area contributed by atoms with E-state index < -0.39 is 0 Å². The molecule has 6 nitrogen and oxygen atoms in total. The van der Waals surface area contributed by atoms with Crippen molar-refractivity contribution < 1.29 is 4.92 Å². The number of nitrogens with zero attached hydrogens (tertiary/aromatic N) is 2. The third-order valence-electron chi connectivity index (χ3n) is 4.13. The highest BCUT2D eigenvalue weighted by atomic mass is 16.6. The molecule has 0 spiro atoms. The minimum atomic E-state index is -0.384. The highest BCUT2D eigenvalue weighted by Gasteiger charge is 2.23. The van der Waals surface area contributed by atoms with E-state index in [0.29, 0.717) is 11.6 Å². The number of hydrogen-bond donors (Lipinski definition) is 2. The van der Waals surface area contributed by atoms with E-state index in [1.807, 2.05) is 6.07 Å². The maximum absolute atomic E-state index is 11.0. The summed E-state index contributed by atoms with van der Waals surface area (Å²) in [5.41, 5.74) is 4.01. The van der Waals surface area contributed by atoms with Crippen LogP contribution >= 0.6 is 0 Å². The lowest BCUT2D eigenvalue weighted by Gasteiger charge is -2.35. The number of benzene rings is 1. The summed E-state index contributed by atoms with van der Waals surface area (Å²) in [5, 5.41) is 11.0. The van der Waals surface area contributed by atoms with Crippen LogP contribution in [-0.2, 0) is 0 Å². The van der Waals surface area contributed by atoms with Gasteiger partial charge in [0.25, 0.3) is 5.69 Å². The number of rotatable bonds is 4. The van der Waals surface area contributed by atoms with Gasteiger partial charge in [0.05, 0.1) is 10.6 Å². The molecule has 0 unspecified atom stereocenters. The Kier molecular flexibility index (Phi) is 4.44. The van der Waals surface area contributed by atoms with Gasteiger partial charge in [0, 0.05) is 30.9 Å². The molecule has 2 rings (SSSR count). The Balaban J connectivity index is 2.17. The van der Waals surface area contributed by atoms with Gasteiger partial charge in [-0.15, -0.1) is 0 Å². The molecule has 0 saturated carbocycles. The van der Waals surface area contributed by atoms with Crippen molar-refractivity contribution >= 4 is 17.1 Å². The van der Waals surface area contributed by atoms with Gasteiger partial charge in [-0.1, -0.05) is 13.8 Å². The first kappa shape index (κ1) is 14.6. The maximum atomic E-state index is 11.0. The third kappa shape index (κ3) is 3.19. The second-order valence-electron chi connectivity index (χ2n) is 5.71. The lowest BCUT2D eigenvalue weighted by atomic mass is 9.86. The van der Waals surface area contributed by atoms with E-state index in [1.54, 1.807) is 6.07 Å². The minimum Gasteiger partial charge on any atom is -0.371 e. The highest BCUT2D eigenvalue weighted by Crippen LogP contribution is 2.31. The Morgan fingerprint density at radius 1 is 1.35 bits per heavy atom. The number of nitrogen functional groups attached to an aromatic ring is 1. The fraction of sp³-hybridized carbons (Fsp3) is 0.571. The molecule has 0 amide bonds. The molecule has 0 atom stereocenters. The number of nitrogens with one attached hydrogen (secondary N) is 1. The molecule has 1 aliphatic heterocycles. The summed E-state index contributed by atoms with van der Waals surface area (Å²) in [7, 11) is 0. The lowest BCUT2D eigenvalue weighted by molar-refractivity contribution is -0.384. The molecular weight excluding hydrogens is 256 g/mol. The first-order chi connectivity index (χ1) is 9.51. The van der Waals surface area contributed by atoms with Crippen LogP contribution in [0.1, 0.15) is 26.7 Å². The SMILES string of the molecule is CC(C)C1CCN(c2cc(NN)cc([N+](=O)[O-])c2)CC1. The Hall–Kier alpha value is -1.82. The Bertz CT molecular complexity index is 482. The van der Waals surface area contributed by atoms with Crippen molar-refractivity contribution in [3.05, 3.63) is 28.3 Å². The Morgan fingerprint density at radius 3 is 2.50 bits per heavy atom. The van der Waals surface area contributed by atoms with Crippen LogP contribution in [0.5, 0.6) is 0 Å². The van der Waals surface area contributed by atoms with Crippen molar-refractivity contribution in [2.75, 3.05) is 23.4 Å². The molecule has 0 aromatic heterocycles. The number of nitro groups is 1. The van der Waals surface area contributed by atoms with Crippen molar-refractivity contribution in [1.82, 2.24) is 0 Å². The summed E-state index contributed by atoms with van der Waals surface area (Å²) in [6.45, 7) is 6.39. The monoisotopic (exact) mass is 278 g/mol. The highest BCUT2D eigenvalue weighted by molar-refractivity contribution is 5.64. The number of hydrazine groups is 1. The summed E-state index contributed by atoms with van der Waals surface area (Å²) >= 11 is 0. The number of non-ortho nitro benzene ring substituents is 1. The summed E-state index contributed by atoms with van der Waals surface area (Å²) in [4.78, 5) is 12.8. The van der Waals surface area contributed by atoms with Crippen molar-refractivity contribution in [2.45, 2.75) is 26.7 Å². The standard InChI is InChI=1S/C14H22N4O2/c1-10(2)11-3-5-17(6-4-11)13-7-12(16-15)8-14(9-13)18(19)20/h7-11,16H,3-6,15H2,1-2H3. The molecule has 1 heterocycles. The molecular formula is C14H22N4O2. The quantitative estimate of drug-likeness (QED) is 0.502. The molecule has 0 bridgehead atoms. The van der Waals surface area contributed by atoms with E-state index in [9.17, 15) is 10.1 Å². The molecule has 1 aromatic rings. The lowest BCUT2D eigenvalue weighted by Crippen LogP contribution is -2.35. The largest absolute Gasteiger partial charge is 0.371 e. The number of hydrogen-bond acceptors (Lipinski definition) is 5. The van der Waals surface area contributed by atoms with Crippen molar-refractivity contribution in [2.24, 2.45) is 17.7 Å². The number of piperidine rings is 1. The van der Waals surface area contributed by atoms with Crippen LogP contribution in [-0.4, -0.2) is 18.0 Å². The van der Waals surface area contributed by atoms with E-state index in [0.717, 1.165) is 37.5 Å². The van der Waals surface area contributed by atoms with Crippen LogP contribution in [0.3, 0.4) is 0 Å². The molecule has 1 fully saturated rings. The van der Waals surface area contributed by atoms with Gasteiger partial charge in [-0.05, 0) is 30.7 Å². The first-order valence-electron chi connectivity index (χ1n) is 7.02. The molecule has 0 radical (unpaired) electrons. The average molecular weight is 278 g/mol. The van der Waals surface area contributed by atoms with Gasteiger partial charge in [-0.2, -0.15) is 0 Å². The van der Waals surface area contributed by atoms with Crippen LogP contribution in [0, 0.1) is 22.0 Å². The van der Waals surface area contributed by atoms with E-state index in [-0.39, 0.29) is 10.6 Å². The van der Waals surface area contributed by atoms with E-state index in [2.05, 4.69) is 24.2 Å². The van der Waals surface area contributed by atoms with Gasteiger partial charge >= 0.3 is 0 Å². The van der Waals surface area contributed by atoms with Crippen LogP contribution in [0.15, 0.2) is 18.2 Å². The number of nitrogens with two attached hydrogens (primary N) is 1. The van der Waals surface area contributed by atoms with Crippen molar-refractivity contribution in [3.8, 4) is 0 Å². The van der Waals surface area contributed by atoms with Gasteiger partial charge in [0.1, 0.15) is 0 Å². The summed E-state index contributed by atoms with van der Waals surface area (Å²) in [6, 6.07) is 4.93. The number of anilines is 2. The predicted octanol–water partition coefficient (Wildman–Crippen LogP) is 2.75. The minimum absolute atomic E-state index is 0.0708. The van der Waals surface area contributed by atoms with Crippen LogP contribution in [0.25, 0.3) is 0 Å². The third-order valence-corrected chi connectivity index (χ3v) is 4.13. The second kappa shape index (κ2) is 6.09. The summed E-state index contributed by atoms with van der Waals surface area (Å²) in [5.74, 6) is 6.83. The van der Waals surface area contributed by atoms with Crippen molar-refractivity contribution in [3.63, 3.8) is 0 Å². The molecule has 1 aliphatic rings. The van der Waals surface area contributed by atoms with Crippen LogP contribution in [0.2, 0.25) is 0 Å².